The predicted octanol–water partition coefficient (Wildman–Crippen LogP) is 3.64. The highest BCUT2D eigenvalue weighted by Crippen LogP contribution is 2.27. The summed E-state index contributed by atoms with van der Waals surface area (Å²) in [5.74, 6) is 0. The first-order chi connectivity index (χ1) is 12.1. The van der Waals surface area contributed by atoms with Gasteiger partial charge < -0.3 is 9.47 Å². The first-order valence-corrected chi connectivity index (χ1v) is 8.89. The molecule has 4 rings (SSSR count). The molecule has 1 aromatic carbocycles. The van der Waals surface area contributed by atoms with Crippen molar-refractivity contribution >= 4 is 10.9 Å². The van der Waals surface area contributed by atoms with Crippen molar-refractivity contribution in [3.8, 4) is 11.1 Å². The fourth-order valence-corrected chi connectivity index (χ4v) is 3.77. The number of likely N-dealkylation sites (tertiary alicyclic amines) is 1. The van der Waals surface area contributed by atoms with E-state index < -0.39 is 0 Å². The minimum Gasteiger partial charge on any atom is -0.306 e. The lowest BCUT2D eigenvalue weighted by atomic mass is 10.0. The normalized spacial score (nSPS) is 16.4. The molecule has 2 aromatic heterocycles. The van der Waals surface area contributed by atoms with E-state index >= 15 is 0 Å². The number of hydrogen-bond donors (Lipinski definition) is 0. The molecule has 1 aliphatic heterocycles. The summed E-state index contributed by atoms with van der Waals surface area (Å²) in [5, 5.41) is 1.03. The molecule has 0 saturated carbocycles. The largest absolute Gasteiger partial charge is 0.306 e. The maximum absolute atomic E-state index is 13.4. The lowest BCUT2D eigenvalue weighted by molar-refractivity contribution is 0.222. The van der Waals surface area contributed by atoms with Gasteiger partial charge in [0.15, 0.2) is 0 Å². The van der Waals surface area contributed by atoms with Crippen LogP contribution in [0.4, 0.5) is 0 Å². The molecule has 0 spiro atoms. The standard InChI is InChI=1S/C21H23N3O/c1-15-12-20-17(14-22-15)13-19(16-6-4-3-5-7-16)21(25)24(20)18-8-10-23(2)11-9-18/h3-7,12-14,18H,8-11H2,1-2H3. The van der Waals surface area contributed by atoms with Crippen molar-refractivity contribution in [3.63, 3.8) is 0 Å². The Morgan fingerprint density at radius 1 is 1.08 bits per heavy atom. The smallest absolute Gasteiger partial charge is 0.259 e. The Morgan fingerprint density at radius 3 is 2.52 bits per heavy atom. The van der Waals surface area contributed by atoms with Crippen LogP contribution in [0.1, 0.15) is 24.6 Å². The second-order valence-electron chi connectivity index (χ2n) is 7.02. The van der Waals surface area contributed by atoms with Crippen molar-refractivity contribution in [1.82, 2.24) is 14.5 Å². The third-order valence-corrected chi connectivity index (χ3v) is 5.20. The van der Waals surface area contributed by atoms with Gasteiger partial charge in [-0.1, -0.05) is 30.3 Å². The van der Waals surface area contributed by atoms with Crippen LogP contribution in [0.2, 0.25) is 0 Å². The highest BCUT2D eigenvalue weighted by molar-refractivity contribution is 5.83. The van der Waals surface area contributed by atoms with Crippen molar-refractivity contribution < 1.29 is 0 Å². The molecule has 4 nitrogen and oxygen atoms in total. The monoisotopic (exact) mass is 333 g/mol. The van der Waals surface area contributed by atoms with Crippen LogP contribution in [-0.4, -0.2) is 34.6 Å². The van der Waals surface area contributed by atoms with Gasteiger partial charge in [-0.15, -0.1) is 0 Å². The predicted molar refractivity (Wildman–Crippen MR) is 102 cm³/mol. The van der Waals surface area contributed by atoms with Gasteiger partial charge in [-0.3, -0.25) is 9.78 Å². The van der Waals surface area contributed by atoms with Crippen LogP contribution in [-0.2, 0) is 0 Å². The summed E-state index contributed by atoms with van der Waals surface area (Å²) in [6.45, 7) is 4.03. The van der Waals surface area contributed by atoms with E-state index in [0.717, 1.165) is 53.7 Å². The first kappa shape index (κ1) is 16.0. The molecule has 3 aromatic rings. The highest BCUT2D eigenvalue weighted by Gasteiger charge is 2.22. The fourth-order valence-electron chi connectivity index (χ4n) is 3.77. The minimum atomic E-state index is 0.110. The molecule has 0 amide bonds. The van der Waals surface area contributed by atoms with E-state index in [9.17, 15) is 4.79 Å². The topological polar surface area (TPSA) is 38.1 Å². The van der Waals surface area contributed by atoms with Crippen LogP contribution in [0.25, 0.3) is 22.0 Å². The SMILES string of the molecule is Cc1cc2c(cn1)cc(-c1ccccc1)c(=O)n2C1CCN(C)CC1. The van der Waals surface area contributed by atoms with E-state index in [4.69, 9.17) is 0 Å². The van der Waals surface area contributed by atoms with Gasteiger partial charge in [-0.25, -0.2) is 0 Å². The number of benzene rings is 1. The third kappa shape index (κ3) is 2.98. The molecule has 4 heteroatoms. The van der Waals surface area contributed by atoms with E-state index in [1.807, 2.05) is 60.2 Å². The summed E-state index contributed by atoms with van der Waals surface area (Å²) in [5.41, 5.74) is 3.79. The van der Waals surface area contributed by atoms with Crippen LogP contribution in [0.15, 0.2) is 53.5 Å². The lowest BCUT2D eigenvalue weighted by Crippen LogP contribution is -2.36. The Balaban J connectivity index is 1.96. The van der Waals surface area contributed by atoms with Crippen LogP contribution >= 0.6 is 0 Å². The maximum atomic E-state index is 13.4. The molecule has 1 fully saturated rings. The Morgan fingerprint density at radius 2 is 1.80 bits per heavy atom. The van der Waals surface area contributed by atoms with Crippen molar-refractivity contribution in [2.75, 3.05) is 20.1 Å². The van der Waals surface area contributed by atoms with Crippen LogP contribution < -0.4 is 5.56 Å². The zero-order valence-electron chi connectivity index (χ0n) is 14.8. The number of aryl methyl sites for hydroxylation is 1. The Hall–Kier alpha value is -2.46. The molecule has 0 radical (unpaired) electrons. The Bertz CT molecular complexity index is 954. The molecule has 3 heterocycles. The van der Waals surface area contributed by atoms with Gasteiger partial charge in [0.1, 0.15) is 0 Å². The minimum absolute atomic E-state index is 0.110. The Kier molecular flexibility index (Phi) is 4.14. The summed E-state index contributed by atoms with van der Waals surface area (Å²) >= 11 is 0. The number of rotatable bonds is 2. The van der Waals surface area contributed by atoms with Crippen LogP contribution in [0.3, 0.4) is 0 Å². The molecule has 0 unspecified atom stereocenters. The molecule has 1 saturated heterocycles. The van der Waals surface area contributed by atoms with E-state index in [0.29, 0.717) is 0 Å². The molecule has 0 bridgehead atoms. The second-order valence-corrected chi connectivity index (χ2v) is 7.02. The van der Waals surface area contributed by atoms with Gasteiger partial charge in [-0.2, -0.15) is 0 Å². The number of hydrogen-bond acceptors (Lipinski definition) is 3. The zero-order chi connectivity index (χ0) is 17.4. The fraction of sp³-hybridized carbons (Fsp3) is 0.333. The van der Waals surface area contributed by atoms with Gasteiger partial charge in [0, 0.05) is 28.9 Å². The van der Waals surface area contributed by atoms with Crippen molar-refractivity contribution in [2.45, 2.75) is 25.8 Å². The maximum Gasteiger partial charge on any atom is 0.259 e. The van der Waals surface area contributed by atoms with Crippen LogP contribution in [0.5, 0.6) is 0 Å². The molecular weight excluding hydrogens is 310 g/mol. The quantitative estimate of drug-likeness (QED) is 0.719. The molecule has 128 valence electrons. The molecule has 0 aliphatic carbocycles. The van der Waals surface area contributed by atoms with E-state index in [2.05, 4.69) is 16.9 Å². The van der Waals surface area contributed by atoms with Gasteiger partial charge >= 0.3 is 0 Å². The number of aromatic nitrogens is 2. The number of fused-ring (bicyclic) bond motifs is 1. The molecule has 25 heavy (non-hydrogen) atoms. The second kappa shape index (κ2) is 6.45. The van der Waals surface area contributed by atoms with Gasteiger partial charge in [0.2, 0.25) is 0 Å². The van der Waals surface area contributed by atoms with Crippen molar-refractivity contribution in [3.05, 3.63) is 64.7 Å². The number of nitrogens with zero attached hydrogens (tertiary/aromatic N) is 3. The summed E-state index contributed by atoms with van der Waals surface area (Å²) < 4.78 is 2.03. The Labute approximate surface area is 147 Å². The summed E-state index contributed by atoms with van der Waals surface area (Å²) in [6.07, 6.45) is 3.90. The van der Waals surface area contributed by atoms with Gasteiger partial charge in [0.05, 0.1) is 5.52 Å². The van der Waals surface area contributed by atoms with Crippen LogP contribution in [0, 0.1) is 6.92 Å². The molecule has 0 N–H and O–H groups in total. The van der Waals surface area contributed by atoms with Gasteiger partial charge in [0.25, 0.3) is 5.56 Å². The van der Waals surface area contributed by atoms with Gasteiger partial charge in [-0.05, 0) is 57.6 Å². The van der Waals surface area contributed by atoms with Crippen molar-refractivity contribution in [2.24, 2.45) is 0 Å². The summed E-state index contributed by atoms with van der Waals surface area (Å²) in [7, 11) is 2.14. The molecule has 0 atom stereocenters. The zero-order valence-corrected chi connectivity index (χ0v) is 14.8. The summed E-state index contributed by atoms with van der Waals surface area (Å²) in [6, 6.07) is 14.2. The first-order valence-electron chi connectivity index (χ1n) is 8.89. The number of piperidine rings is 1. The van der Waals surface area contributed by atoms with E-state index in [1.54, 1.807) is 0 Å². The summed E-state index contributed by atoms with van der Waals surface area (Å²) in [4.78, 5) is 20.2. The molecular formula is C21H23N3O. The third-order valence-electron chi connectivity index (χ3n) is 5.20. The lowest BCUT2D eigenvalue weighted by Gasteiger charge is -2.31. The van der Waals surface area contributed by atoms with E-state index in [-0.39, 0.29) is 11.6 Å². The van der Waals surface area contributed by atoms with E-state index in [1.165, 1.54) is 0 Å². The number of pyridine rings is 2. The molecule has 1 aliphatic rings. The average molecular weight is 333 g/mol. The van der Waals surface area contributed by atoms with Crippen molar-refractivity contribution in [1.29, 1.82) is 0 Å². The average Bonchev–Trinajstić information content (AvgIpc) is 2.63. The highest BCUT2D eigenvalue weighted by atomic mass is 16.1.